The lowest BCUT2D eigenvalue weighted by atomic mass is 9.95. The summed E-state index contributed by atoms with van der Waals surface area (Å²) in [6, 6.07) is 11.1. The highest BCUT2D eigenvalue weighted by Crippen LogP contribution is 2.48. The molecule has 3 rings (SSSR count). The maximum Gasteiger partial charge on any atom is 0.260 e. The Bertz CT molecular complexity index is 770. The van der Waals surface area contributed by atoms with Crippen molar-refractivity contribution in [2.24, 2.45) is 0 Å². The van der Waals surface area contributed by atoms with Crippen LogP contribution in [0.5, 0.6) is 5.75 Å². The molecule has 2 aromatic rings. The zero-order valence-electron chi connectivity index (χ0n) is 14.3. The van der Waals surface area contributed by atoms with Gasteiger partial charge in [0.25, 0.3) is 5.91 Å². The maximum atomic E-state index is 14.0. The Hall–Kier alpha value is -2.43. The van der Waals surface area contributed by atoms with Crippen LogP contribution in [0.1, 0.15) is 30.9 Å². The highest BCUT2D eigenvalue weighted by Gasteiger charge is 2.46. The molecule has 1 saturated carbocycles. The smallest absolute Gasteiger partial charge is 0.260 e. The molecule has 1 atom stereocenters. The van der Waals surface area contributed by atoms with E-state index in [-0.39, 0.29) is 5.91 Å². The van der Waals surface area contributed by atoms with Crippen molar-refractivity contribution in [2.75, 3.05) is 6.54 Å². The van der Waals surface area contributed by atoms with Crippen LogP contribution >= 0.6 is 0 Å². The molecule has 5 heteroatoms. The van der Waals surface area contributed by atoms with Crippen molar-refractivity contribution < 1.29 is 18.3 Å². The molecular formula is C20H21F2NO2. The predicted octanol–water partition coefficient (Wildman–Crippen LogP) is 3.89. The monoisotopic (exact) mass is 345 g/mol. The predicted molar refractivity (Wildman–Crippen MR) is 91.5 cm³/mol. The van der Waals surface area contributed by atoms with E-state index < -0.39 is 23.2 Å². The molecule has 1 amide bonds. The molecule has 0 aromatic heterocycles. The van der Waals surface area contributed by atoms with Gasteiger partial charge in [-0.15, -0.1) is 0 Å². The van der Waals surface area contributed by atoms with Crippen LogP contribution in [-0.4, -0.2) is 18.6 Å². The van der Waals surface area contributed by atoms with Crippen molar-refractivity contribution in [2.45, 2.75) is 38.2 Å². The molecular weight excluding hydrogens is 324 g/mol. The van der Waals surface area contributed by atoms with Crippen molar-refractivity contribution >= 4 is 5.91 Å². The van der Waals surface area contributed by atoms with E-state index >= 15 is 0 Å². The first-order valence-electron chi connectivity index (χ1n) is 8.36. The summed E-state index contributed by atoms with van der Waals surface area (Å²) in [6.45, 7) is 3.97. The highest BCUT2D eigenvalue weighted by molar-refractivity contribution is 5.80. The molecule has 2 aromatic carbocycles. The van der Waals surface area contributed by atoms with Gasteiger partial charge >= 0.3 is 0 Å². The van der Waals surface area contributed by atoms with E-state index in [2.05, 4.69) is 5.32 Å². The van der Waals surface area contributed by atoms with Crippen molar-refractivity contribution in [1.29, 1.82) is 0 Å². The van der Waals surface area contributed by atoms with Crippen LogP contribution in [0.2, 0.25) is 0 Å². The molecule has 132 valence electrons. The quantitative estimate of drug-likeness (QED) is 0.863. The summed E-state index contributed by atoms with van der Waals surface area (Å²) in [5.74, 6) is -0.787. The van der Waals surface area contributed by atoms with E-state index in [1.54, 1.807) is 6.92 Å². The topological polar surface area (TPSA) is 38.3 Å². The summed E-state index contributed by atoms with van der Waals surface area (Å²) in [7, 11) is 0. The fourth-order valence-electron chi connectivity index (χ4n) is 2.89. The van der Waals surface area contributed by atoms with Crippen molar-refractivity contribution in [3.63, 3.8) is 0 Å². The van der Waals surface area contributed by atoms with Gasteiger partial charge in [0.05, 0.1) is 0 Å². The van der Waals surface area contributed by atoms with Crippen LogP contribution in [0, 0.1) is 18.6 Å². The van der Waals surface area contributed by atoms with Gasteiger partial charge in [-0.1, -0.05) is 23.8 Å². The van der Waals surface area contributed by atoms with Crippen LogP contribution in [0.25, 0.3) is 0 Å². The second-order valence-electron chi connectivity index (χ2n) is 6.70. The average Bonchev–Trinajstić information content (AvgIpc) is 3.35. The highest BCUT2D eigenvalue weighted by atomic mass is 19.1. The Morgan fingerprint density at radius 1 is 1.20 bits per heavy atom. The van der Waals surface area contributed by atoms with Gasteiger partial charge in [0.2, 0.25) is 0 Å². The largest absolute Gasteiger partial charge is 0.481 e. The number of carbonyl (C=O) groups excluding carboxylic acids is 1. The SMILES string of the molecule is Cc1ccc(OC(C)C(=O)NCC2(c3ccc(F)cc3F)CC2)cc1. The lowest BCUT2D eigenvalue weighted by Gasteiger charge is -2.20. The summed E-state index contributed by atoms with van der Waals surface area (Å²) >= 11 is 0. The van der Waals surface area contributed by atoms with E-state index in [0.717, 1.165) is 24.5 Å². The molecule has 0 aliphatic heterocycles. The standard InChI is InChI=1S/C20H21F2NO2/c1-13-3-6-16(7-4-13)25-14(2)19(24)23-12-20(9-10-20)17-8-5-15(21)11-18(17)22/h3-8,11,14H,9-10,12H2,1-2H3,(H,23,24). The summed E-state index contributed by atoms with van der Waals surface area (Å²) in [5.41, 5.74) is 1.14. The van der Waals surface area contributed by atoms with E-state index in [1.807, 2.05) is 31.2 Å². The van der Waals surface area contributed by atoms with Gasteiger partial charge in [-0.2, -0.15) is 0 Å². The lowest BCUT2D eigenvalue weighted by Crippen LogP contribution is -2.40. The summed E-state index contributed by atoms with van der Waals surface area (Å²) in [4.78, 5) is 12.3. The Kier molecular flexibility index (Phi) is 4.75. The minimum absolute atomic E-state index is 0.255. The van der Waals surface area contributed by atoms with Gasteiger partial charge in [-0.25, -0.2) is 8.78 Å². The number of hydrogen-bond acceptors (Lipinski definition) is 2. The average molecular weight is 345 g/mol. The van der Waals surface area contributed by atoms with Crippen molar-refractivity contribution in [3.05, 3.63) is 65.2 Å². The van der Waals surface area contributed by atoms with Crippen LogP contribution < -0.4 is 10.1 Å². The van der Waals surface area contributed by atoms with Crippen LogP contribution in [0.4, 0.5) is 8.78 Å². The molecule has 0 bridgehead atoms. The normalized spacial score (nSPS) is 16.2. The van der Waals surface area contributed by atoms with Gasteiger partial charge in [0.15, 0.2) is 6.10 Å². The Morgan fingerprint density at radius 3 is 2.48 bits per heavy atom. The molecule has 25 heavy (non-hydrogen) atoms. The number of carbonyl (C=O) groups is 1. The first-order chi connectivity index (χ1) is 11.9. The lowest BCUT2D eigenvalue weighted by molar-refractivity contribution is -0.127. The third-order valence-corrected chi connectivity index (χ3v) is 4.66. The molecule has 1 aliphatic carbocycles. The third-order valence-electron chi connectivity index (χ3n) is 4.66. The Balaban J connectivity index is 1.59. The number of benzene rings is 2. The maximum absolute atomic E-state index is 14.0. The van der Waals surface area contributed by atoms with Crippen molar-refractivity contribution in [1.82, 2.24) is 5.32 Å². The molecule has 0 spiro atoms. The van der Waals surface area contributed by atoms with E-state index in [9.17, 15) is 13.6 Å². The van der Waals surface area contributed by atoms with E-state index in [1.165, 1.54) is 12.1 Å². The van der Waals surface area contributed by atoms with Crippen LogP contribution in [0.3, 0.4) is 0 Å². The number of halogens is 2. The Labute approximate surface area is 146 Å². The van der Waals surface area contributed by atoms with Crippen molar-refractivity contribution in [3.8, 4) is 5.75 Å². The van der Waals surface area contributed by atoms with Gasteiger partial charge in [-0.05, 0) is 50.5 Å². The first-order valence-corrected chi connectivity index (χ1v) is 8.36. The number of hydrogen-bond donors (Lipinski definition) is 1. The fourth-order valence-corrected chi connectivity index (χ4v) is 2.89. The van der Waals surface area contributed by atoms with E-state index in [4.69, 9.17) is 4.74 Å². The number of amides is 1. The van der Waals surface area contributed by atoms with Gasteiger partial charge in [0, 0.05) is 18.0 Å². The molecule has 0 saturated heterocycles. The molecule has 1 N–H and O–H groups in total. The van der Waals surface area contributed by atoms with Gasteiger partial charge in [-0.3, -0.25) is 4.79 Å². The number of ether oxygens (including phenoxy) is 1. The van der Waals surface area contributed by atoms with Crippen LogP contribution in [-0.2, 0) is 10.2 Å². The zero-order chi connectivity index (χ0) is 18.0. The summed E-state index contributed by atoms with van der Waals surface area (Å²) in [5, 5.41) is 2.83. The second kappa shape index (κ2) is 6.82. The minimum atomic E-state index is -0.656. The number of rotatable bonds is 6. The minimum Gasteiger partial charge on any atom is -0.481 e. The second-order valence-corrected chi connectivity index (χ2v) is 6.70. The molecule has 3 nitrogen and oxygen atoms in total. The van der Waals surface area contributed by atoms with Gasteiger partial charge < -0.3 is 10.1 Å². The summed E-state index contributed by atoms with van der Waals surface area (Å²) in [6.07, 6.45) is 0.878. The molecule has 0 radical (unpaired) electrons. The molecule has 1 unspecified atom stereocenters. The zero-order valence-corrected chi connectivity index (χ0v) is 14.3. The summed E-state index contributed by atoms with van der Waals surface area (Å²) < 4.78 is 32.7. The molecule has 1 fully saturated rings. The first kappa shape index (κ1) is 17.4. The van der Waals surface area contributed by atoms with Gasteiger partial charge in [0.1, 0.15) is 17.4 Å². The third kappa shape index (κ3) is 3.98. The Morgan fingerprint density at radius 2 is 1.88 bits per heavy atom. The van der Waals surface area contributed by atoms with E-state index in [0.29, 0.717) is 17.9 Å². The molecule has 0 heterocycles. The molecule has 1 aliphatic rings. The van der Waals surface area contributed by atoms with Crippen LogP contribution in [0.15, 0.2) is 42.5 Å². The number of nitrogens with one attached hydrogen (secondary N) is 1. The number of aryl methyl sites for hydroxylation is 1. The fraction of sp³-hybridized carbons (Fsp3) is 0.350.